The van der Waals surface area contributed by atoms with E-state index in [4.69, 9.17) is 27.9 Å². The van der Waals surface area contributed by atoms with Gasteiger partial charge in [0.15, 0.2) is 0 Å². The second-order valence-electron chi connectivity index (χ2n) is 5.61. The highest BCUT2D eigenvalue weighted by Gasteiger charge is 2.25. The van der Waals surface area contributed by atoms with Gasteiger partial charge in [0.25, 0.3) is 5.91 Å². The van der Waals surface area contributed by atoms with Gasteiger partial charge in [-0.2, -0.15) is 0 Å². The maximum atomic E-state index is 12.5. The first-order valence-corrected chi connectivity index (χ1v) is 8.50. The van der Waals surface area contributed by atoms with E-state index in [1.165, 1.54) is 6.07 Å². The minimum atomic E-state index is -0.378. The second-order valence-corrected chi connectivity index (χ2v) is 6.46. The van der Waals surface area contributed by atoms with Crippen LogP contribution in [0.4, 0.5) is 11.4 Å². The Balaban J connectivity index is 1.89. The van der Waals surface area contributed by atoms with E-state index in [0.717, 1.165) is 6.42 Å². The normalized spacial score (nSPS) is 13.9. The lowest BCUT2D eigenvalue weighted by Gasteiger charge is -2.20. The number of anilines is 2. The molecule has 130 valence electrons. The highest BCUT2D eigenvalue weighted by Crippen LogP contribution is 2.34. The van der Waals surface area contributed by atoms with Gasteiger partial charge in [-0.05, 0) is 42.8 Å². The van der Waals surface area contributed by atoms with Crippen molar-refractivity contribution < 1.29 is 14.3 Å². The summed E-state index contributed by atoms with van der Waals surface area (Å²) in [4.78, 5) is 26.2. The largest absolute Gasteiger partial charge is 0.495 e. The van der Waals surface area contributed by atoms with Crippen molar-refractivity contribution >= 4 is 46.4 Å². The fraction of sp³-hybridized carbons (Fsp3) is 0.222. The monoisotopic (exact) mass is 378 g/mol. The molecule has 1 saturated heterocycles. The fourth-order valence-corrected chi connectivity index (χ4v) is 3.13. The van der Waals surface area contributed by atoms with Gasteiger partial charge in [-0.1, -0.05) is 23.2 Å². The standard InChI is InChI=1S/C18H16Cl2N2O3/c1-25-16-7-5-12(10-15(16)22-8-2-3-17(22)23)21-18(24)13-9-11(19)4-6-14(13)20/h4-7,9-10H,2-3,8H2,1H3,(H,21,24). The summed E-state index contributed by atoms with van der Waals surface area (Å²) in [6.45, 7) is 0.632. The third kappa shape index (κ3) is 3.72. The summed E-state index contributed by atoms with van der Waals surface area (Å²) >= 11 is 12.0. The van der Waals surface area contributed by atoms with E-state index in [1.807, 2.05) is 0 Å². The molecule has 1 aliphatic heterocycles. The average molecular weight is 379 g/mol. The lowest BCUT2D eigenvalue weighted by atomic mass is 10.2. The second kappa shape index (κ2) is 7.33. The number of hydrogen-bond acceptors (Lipinski definition) is 3. The van der Waals surface area contributed by atoms with Crippen molar-refractivity contribution in [3.05, 3.63) is 52.0 Å². The van der Waals surface area contributed by atoms with E-state index < -0.39 is 0 Å². The minimum Gasteiger partial charge on any atom is -0.495 e. The quantitative estimate of drug-likeness (QED) is 0.858. The van der Waals surface area contributed by atoms with E-state index in [1.54, 1.807) is 42.3 Å². The molecule has 7 heteroatoms. The molecule has 0 saturated carbocycles. The van der Waals surface area contributed by atoms with Crippen molar-refractivity contribution in [3.63, 3.8) is 0 Å². The molecule has 1 N–H and O–H groups in total. The van der Waals surface area contributed by atoms with Crippen molar-refractivity contribution in [3.8, 4) is 5.75 Å². The van der Waals surface area contributed by atoms with E-state index in [0.29, 0.717) is 40.1 Å². The van der Waals surface area contributed by atoms with E-state index >= 15 is 0 Å². The topological polar surface area (TPSA) is 58.6 Å². The zero-order valence-corrected chi connectivity index (χ0v) is 15.0. The van der Waals surface area contributed by atoms with E-state index in [2.05, 4.69) is 5.32 Å². The molecule has 1 heterocycles. The Hall–Kier alpha value is -2.24. The Morgan fingerprint density at radius 2 is 2.00 bits per heavy atom. The number of rotatable bonds is 4. The molecular weight excluding hydrogens is 363 g/mol. The number of nitrogens with zero attached hydrogens (tertiary/aromatic N) is 1. The van der Waals surface area contributed by atoms with Crippen LogP contribution < -0.4 is 15.0 Å². The maximum absolute atomic E-state index is 12.5. The first-order valence-electron chi connectivity index (χ1n) is 7.74. The number of carbonyl (C=O) groups is 2. The Bertz CT molecular complexity index is 839. The van der Waals surface area contributed by atoms with E-state index in [-0.39, 0.29) is 17.4 Å². The molecule has 3 rings (SSSR count). The summed E-state index contributed by atoms with van der Waals surface area (Å²) in [6, 6.07) is 9.84. The van der Waals surface area contributed by atoms with Gasteiger partial charge in [-0.3, -0.25) is 9.59 Å². The minimum absolute atomic E-state index is 0.0414. The van der Waals surface area contributed by atoms with Gasteiger partial charge < -0.3 is 15.0 Å². The molecule has 0 aliphatic carbocycles. The summed E-state index contributed by atoms with van der Waals surface area (Å²) in [5, 5.41) is 3.51. The molecule has 1 aliphatic rings. The Morgan fingerprint density at radius 3 is 2.68 bits per heavy atom. The van der Waals surface area contributed by atoms with Crippen LogP contribution in [0.1, 0.15) is 23.2 Å². The van der Waals surface area contributed by atoms with Crippen LogP contribution in [0.25, 0.3) is 0 Å². The smallest absolute Gasteiger partial charge is 0.257 e. The number of amides is 2. The van der Waals surface area contributed by atoms with Crippen LogP contribution in [0.5, 0.6) is 5.75 Å². The third-order valence-corrected chi connectivity index (χ3v) is 4.54. The summed E-state index contributed by atoms with van der Waals surface area (Å²) in [7, 11) is 1.55. The predicted molar refractivity (Wildman–Crippen MR) is 99.0 cm³/mol. The molecule has 2 amide bonds. The average Bonchev–Trinajstić information content (AvgIpc) is 3.02. The van der Waals surface area contributed by atoms with Crippen LogP contribution in [0.15, 0.2) is 36.4 Å². The Morgan fingerprint density at radius 1 is 1.20 bits per heavy atom. The summed E-state index contributed by atoms with van der Waals surface area (Å²) in [5.41, 5.74) is 1.46. The Kier molecular flexibility index (Phi) is 5.16. The first kappa shape index (κ1) is 17.6. The highest BCUT2D eigenvalue weighted by molar-refractivity contribution is 6.36. The number of methoxy groups -OCH3 is 1. The van der Waals surface area contributed by atoms with Crippen LogP contribution in [-0.2, 0) is 4.79 Å². The lowest BCUT2D eigenvalue weighted by molar-refractivity contribution is -0.117. The molecule has 0 unspecified atom stereocenters. The van der Waals surface area contributed by atoms with Crippen molar-refractivity contribution in [2.24, 2.45) is 0 Å². The maximum Gasteiger partial charge on any atom is 0.257 e. The van der Waals surface area contributed by atoms with Crippen molar-refractivity contribution in [2.45, 2.75) is 12.8 Å². The molecule has 5 nitrogen and oxygen atoms in total. The fourth-order valence-electron chi connectivity index (χ4n) is 2.75. The summed E-state index contributed by atoms with van der Waals surface area (Å²) in [5.74, 6) is 0.241. The highest BCUT2D eigenvalue weighted by atomic mass is 35.5. The van der Waals surface area contributed by atoms with Crippen LogP contribution in [0.2, 0.25) is 10.0 Å². The first-order chi connectivity index (χ1) is 12.0. The van der Waals surface area contributed by atoms with Gasteiger partial charge in [-0.25, -0.2) is 0 Å². The molecule has 25 heavy (non-hydrogen) atoms. The van der Waals surface area contributed by atoms with Crippen molar-refractivity contribution in [1.82, 2.24) is 0 Å². The molecule has 0 spiro atoms. The Labute approximate surface area is 155 Å². The van der Waals surface area contributed by atoms with Gasteiger partial charge >= 0.3 is 0 Å². The van der Waals surface area contributed by atoms with Gasteiger partial charge in [0, 0.05) is 23.7 Å². The lowest BCUT2D eigenvalue weighted by Crippen LogP contribution is -2.24. The molecular formula is C18H16Cl2N2O3. The van der Waals surface area contributed by atoms with Gasteiger partial charge in [0.05, 0.1) is 23.4 Å². The molecule has 0 atom stereocenters. The van der Waals surface area contributed by atoms with Crippen LogP contribution >= 0.6 is 23.2 Å². The summed E-state index contributed by atoms with van der Waals surface area (Å²) < 4.78 is 5.34. The molecule has 0 aromatic heterocycles. The number of benzene rings is 2. The molecule has 2 aromatic rings. The number of halogens is 2. The van der Waals surface area contributed by atoms with E-state index in [9.17, 15) is 9.59 Å². The van der Waals surface area contributed by atoms with Gasteiger partial charge in [0.1, 0.15) is 5.75 Å². The van der Waals surface area contributed by atoms with Crippen LogP contribution in [0, 0.1) is 0 Å². The molecule has 2 aromatic carbocycles. The molecule has 0 radical (unpaired) electrons. The number of nitrogens with one attached hydrogen (secondary N) is 1. The number of carbonyl (C=O) groups excluding carboxylic acids is 2. The third-order valence-electron chi connectivity index (χ3n) is 3.97. The van der Waals surface area contributed by atoms with Crippen LogP contribution in [0.3, 0.4) is 0 Å². The van der Waals surface area contributed by atoms with Crippen molar-refractivity contribution in [1.29, 1.82) is 0 Å². The predicted octanol–water partition coefficient (Wildman–Crippen LogP) is 4.38. The SMILES string of the molecule is COc1ccc(NC(=O)c2cc(Cl)ccc2Cl)cc1N1CCCC1=O. The molecule has 0 bridgehead atoms. The number of hydrogen-bond donors (Lipinski definition) is 1. The van der Waals surface area contributed by atoms with Gasteiger partial charge in [-0.15, -0.1) is 0 Å². The molecule has 1 fully saturated rings. The zero-order chi connectivity index (χ0) is 18.0. The van der Waals surface area contributed by atoms with Gasteiger partial charge in [0.2, 0.25) is 5.91 Å². The number of ether oxygens (including phenoxy) is 1. The summed E-state index contributed by atoms with van der Waals surface area (Å²) in [6.07, 6.45) is 1.31. The van der Waals surface area contributed by atoms with Crippen LogP contribution in [-0.4, -0.2) is 25.5 Å². The van der Waals surface area contributed by atoms with Crippen molar-refractivity contribution in [2.75, 3.05) is 23.9 Å². The zero-order valence-electron chi connectivity index (χ0n) is 13.5.